The number of aromatic nitrogens is 1. The second kappa shape index (κ2) is 9.71. The highest BCUT2D eigenvalue weighted by atomic mass is 16.5. The fourth-order valence-electron chi connectivity index (χ4n) is 2.62. The number of pyridine rings is 1. The summed E-state index contributed by atoms with van der Waals surface area (Å²) in [6, 6.07) is 13.8. The summed E-state index contributed by atoms with van der Waals surface area (Å²) in [5.74, 6) is 0.895. The second-order valence-corrected chi connectivity index (χ2v) is 5.86. The summed E-state index contributed by atoms with van der Waals surface area (Å²) in [5.41, 5.74) is 2.07. The highest BCUT2D eigenvalue weighted by molar-refractivity contribution is 5.76. The molecular formula is C20H26N2O2. The lowest BCUT2D eigenvalue weighted by Gasteiger charge is -2.19. The number of aryl methyl sites for hydroxylation is 1. The minimum absolute atomic E-state index is 0.0482. The first-order valence-electron chi connectivity index (χ1n) is 8.56. The van der Waals surface area contributed by atoms with Crippen molar-refractivity contribution < 1.29 is 9.53 Å². The lowest BCUT2D eigenvalue weighted by molar-refractivity contribution is -0.121. The molecule has 2 rings (SSSR count). The summed E-state index contributed by atoms with van der Waals surface area (Å²) in [6.45, 7) is 2.16. The Bertz CT molecular complexity index is 611. The van der Waals surface area contributed by atoms with Crippen LogP contribution in [0.25, 0.3) is 0 Å². The van der Waals surface area contributed by atoms with Crippen LogP contribution in [0.4, 0.5) is 0 Å². The smallest absolute Gasteiger partial charge is 0.220 e. The van der Waals surface area contributed by atoms with E-state index in [4.69, 9.17) is 4.74 Å². The number of ether oxygens (including phenoxy) is 1. The molecule has 2 aromatic rings. The maximum Gasteiger partial charge on any atom is 0.220 e. The van der Waals surface area contributed by atoms with E-state index in [1.807, 2.05) is 42.5 Å². The summed E-state index contributed by atoms with van der Waals surface area (Å²) >= 11 is 0. The average molecular weight is 326 g/mol. The molecule has 1 unspecified atom stereocenters. The van der Waals surface area contributed by atoms with Crippen molar-refractivity contribution in [3.63, 3.8) is 0 Å². The van der Waals surface area contributed by atoms with E-state index in [-0.39, 0.29) is 11.9 Å². The molecule has 4 heteroatoms. The quantitative estimate of drug-likeness (QED) is 0.755. The van der Waals surface area contributed by atoms with Crippen LogP contribution in [0, 0.1) is 0 Å². The van der Waals surface area contributed by atoms with Crippen molar-refractivity contribution in [2.75, 3.05) is 7.11 Å². The average Bonchev–Trinajstić information content (AvgIpc) is 2.64. The lowest BCUT2D eigenvalue weighted by atomic mass is 10.0. The van der Waals surface area contributed by atoms with Gasteiger partial charge in [-0.1, -0.05) is 38.0 Å². The SMILES string of the molecule is CCCCC(NC(=O)CCc1ccccn1)c1ccc(OC)cc1. The number of rotatable bonds is 9. The van der Waals surface area contributed by atoms with Crippen molar-refractivity contribution in [1.29, 1.82) is 0 Å². The van der Waals surface area contributed by atoms with Crippen molar-refractivity contribution in [2.45, 2.75) is 45.1 Å². The summed E-state index contributed by atoms with van der Waals surface area (Å²) in [6.07, 6.45) is 6.01. The first-order chi connectivity index (χ1) is 11.7. The Labute approximate surface area is 144 Å². The minimum Gasteiger partial charge on any atom is -0.497 e. The molecule has 1 heterocycles. The van der Waals surface area contributed by atoms with Gasteiger partial charge in [-0.15, -0.1) is 0 Å². The van der Waals surface area contributed by atoms with Crippen LogP contribution in [0.5, 0.6) is 5.75 Å². The Balaban J connectivity index is 1.95. The monoisotopic (exact) mass is 326 g/mol. The van der Waals surface area contributed by atoms with Gasteiger partial charge in [0.25, 0.3) is 0 Å². The summed E-state index contributed by atoms with van der Waals surface area (Å²) < 4.78 is 5.20. The largest absolute Gasteiger partial charge is 0.497 e. The van der Waals surface area contributed by atoms with Gasteiger partial charge in [0.05, 0.1) is 13.2 Å². The van der Waals surface area contributed by atoms with E-state index in [0.717, 1.165) is 36.3 Å². The van der Waals surface area contributed by atoms with Crippen LogP contribution in [0.1, 0.15) is 49.9 Å². The standard InChI is InChI=1S/C20H26N2O2/c1-3-4-8-19(16-9-12-18(24-2)13-10-16)22-20(23)14-11-17-7-5-6-15-21-17/h5-7,9-10,12-13,15,19H,3-4,8,11,14H2,1-2H3,(H,22,23). The van der Waals surface area contributed by atoms with E-state index in [2.05, 4.69) is 17.2 Å². The molecule has 0 fully saturated rings. The maximum absolute atomic E-state index is 12.3. The number of unbranched alkanes of at least 4 members (excludes halogenated alkanes) is 1. The summed E-state index contributed by atoms with van der Waals surface area (Å²) in [7, 11) is 1.66. The number of nitrogens with one attached hydrogen (secondary N) is 1. The van der Waals surface area contributed by atoms with Gasteiger partial charge in [-0.3, -0.25) is 9.78 Å². The normalized spacial score (nSPS) is 11.8. The first kappa shape index (κ1) is 18.0. The molecule has 1 atom stereocenters. The Morgan fingerprint density at radius 2 is 2.00 bits per heavy atom. The summed E-state index contributed by atoms with van der Waals surface area (Å²) in [4.78, 5) is 16.6. The highest BCUT2D eigenvalue weighted by Crippen LogP contribution is 2.22. The van der Waals surface area contributed by atoms with Crippen LogP contribution >= 0.6 is 0 Å². The third-order valence-electron chi connectivity index (χ3n) is 4.03. The van der Waals surface area contributed by atoms with Gasteiger partial charge in [0.2, 0.25) is 5.91 Å². The van der Waals surface area contributed by atoms with Gasteiger partial charge < -0.3 is 10.1 Å². The number of hydrogen-bond acceptors (Lipinski definition) is 3. The van der Waals surface area contributed by atoms with Gasteiger partial charge in [-0.25, -0.2) is 0 Å². The number of amides is 1. The molecular weight excluding hydrogens is 300 g/mol. The number of hydrogen-bond donors (Lipinski definition) is 1. The van der Waals surface area contributed by atoms with Gasteiger partial charge in [0.1, 0.15) is 5.75 Å². The second-order valence-electron chi connectivity index (χ2n) is 5.86. The van der Waals surface area contributed by atoms with Crippen LogP contribution in [0.3, 0.4) is 0 Å². The molecule has 0 saturated carbocycles. The van der Waals surface area contributed by atoms with E-state index in [1.165, 1.54) is 0 Å². The van der Waals surface area contributed by atoms with Crippen LogP contribution in [0.2, 0.25) is 0 Å². The minimum atomic E-state index is 0.0482. The highest BCUT2D eigenvalue weighted by Gasteiger charge is 2.14. The third-order valence-corrected chi connectivity index (χ3v) is 4.03. The number of methoxy groups -OCH3 is 1. The molecule has 0 bridgehead atoms. The Morgan fingerprint density at radius 3 is 2.62 bits per heavy atom. The van der Waals surface area contributed by atoms with Crippen molar-refractivity contribution in [3.05, 3.63) is 59.9 Å². The number of nitrogens with zero attached hydrogens (tertiary/aromatic N) is 1. The van der Waals surface area contributed by atoms with E-state index >= 15 is 0 Å². The molecule has 1 N–H and O–H groups in total. The molecule has 1 amide bonds. The number of carbonyl (C=O) groups excluding carboxylic acids is 1. The maximum atomic E-state index is 12.3. The predicted octanol–water partition coefficient (Wildman–Crippen LogP) is 4.07. The van der Waals surface area contributed by atoms with Crippen LogP contribution in [-0.4, -0.2) is 18.0 Å². The molecule has 0 aliphatic rings. The van der Waals surface area contributed by atoms with Crippen LogP contribution in [0.15, 0.2) is 48.7 Å². The van der Waals surface area contributed by atoms with Crippen molar-refractivity contribution in [2.24, 2.45) is 0 Å². The molecule has 1 aromatic carbocycles. The van der Waals surface area contributed by atoms with E-state index in [9.17, 15) is 4.79 Å². The zero-order valence-corrected chi connectivity index (χ0v) is 14.5. The van der Waals surface area contributed by atoms with E-state index in [1.54, 1.807) is 13.3 Å². The number of benzene rings is 1. The topological polar surface area (TPSA) is 51.2 Å². The van der Waals surface area contributed by atoms with Gasteiger partial charge >= 0.3 is 0 Å². The predicted molar refractivity (Wildman–Crippen MR) is 96.0 cm³/mol. The third kappa shape index (κ3) is 5.69. The van der Waals surface area contributed by atoms with Crippen LogP contribution in [-0.2, 0) is 11.2 Å². The summed E-state index contributed by atoms with van der Waals surface area (Å²) in [5, 5.41) is 3.17. The first-order valence-corrected chi connectivity index (χ1v) is 8.56. The molecule has 4 nitrogen and oxygen atoms in total. The molecule has 0 saturated heterocycles. The van der Waals surface area contributed by atoms with Gasteiger partial charge in [0.15, 0.2) is 0 Å². The fraction of sp³-hybridized carbons (Fsp3) is 0.400. The zero-order chi connectivity index (χ0) is 17.2. The van der Waals surface area contributed by atoms with Gasteiger partial charge in [-0.05, 0) is 42.7 Å². The van der Waals surface area contributed by atoms with Crippen LogP contribution < -0.4 is 10.1 Å². The Kier molecular flexibility index (Phi) is 7.27. The van der Waals surface area contributed by atoms with E-state index < -0.39 is 0 Å². The lowest BCUT2D eigenvalue weighted by Crippen LogP contribution is -2.28. The Hall–Kier alpha value is -2.36. The fourth-order valence-corrected chi connectivity index (χ4v) is 2.62. The van der Waals surface area contributed by atoms with E-state index in [0.29, 0.717) is 12.8 Å². The zero-order valence-electron chi connectivity index (χ0n) is 14.5. The van der Waals surface area contributed by atoms with Crippen molar-refractivity contribution in [1.82, 2.24) is 10.3 Å². The van der Waals surface area contributed by atoms with Crippen molar-refractivity contribution >= 4 is 5.91 Å². The number of carbonyl (C=O) groups is 1. The van der Waals surface area contributed by atoms with Crippen molar-refractivity contribution in [3.8, 4) is 5.75 Å². The van der Waals surface area contributed by atoms with Gasteiger partial charge in [-0.2, -0.15) is 0 Å². The molecule has 24 heavy (non-hydrogen) atoms. The molecule has 0 aliphatic heterocycles. The van der Waals surface area contributed by atoms with Gasteiger partial charge in [0, 0.05) is 18.3 Å². The molecule has 0 spiro atoms. The Morgan fingerprint density at radius 1 is 1.21 bits per heavy atom. The molecule has 0 aliphatic carbocycles. The molecule has 128 valence electrons. The molecule has 1 aromatic heterocycles. The molecule has 0 radical (unpaired) electrons.